The van der Waals surface area contributed by atoms with Crippen molar-refractivity contribution < 1.29 is 24.2 Å². The molecule has 1 fully saturated rings. The molecule has 1 amide bonds. The van der Waals surface area contributed by atoms with Crippen LogP contribution in [0.5, 0.6) is 0 Å². The molecule has 0 saturated carbocycles. The van der Waals surface area contributed by atoms with Gasteiger partial charge in [0.05, 0.1) is 11.7 Å². The first-order chi connectivity index (χ1) is 12.8. The smallest absolute Gasteiger partial charge is 0.312 e. The molecule has 5 nitrogen and oxygen atoms in total. The van der Waals surface area contributed by atoms with Crippen molar-refractivity contribution in [3.8, 4) is 0 Å². The van der Waals surface area contributed by atoms with E-state index < -0.39 is 29.2 Å². The van der Waals surface area contributed by atoms with Crippen molar-refractivity contribution in [2.24, 2.45) is 5.41 Å². The highest BCUT2D eigenvalue weighted by atomic mass is 35.5. The summed E-state index contributed by atoms with van der Waals surface area (Å²) < 4.78 is 14.0. The van der Waals surface area contributed by atoms with Crippen LogP contribution < -0.4 is 0 Å². The molecule has 27 heavy (non-hydrogen) atoms. The Balaban J connectivity index is 1.80. The molecular weight excluding hydrogens is 373 g/mol. The molecule has 0 aliphatic carbocycles. The minimum absolute atomic E-state index is 0.0688. The first-order valence-electron chi connectivity index (χ1n) is 8.53. The van der Waals surface area contributed by atoms with Gasteiger partial charge in [-0.1, -0.05) is 41.9 Å². The van der Waals surface area contributed by atoms with Crippen LogP contribution in [0.15, 0.2) is 48.5 Å². The Bertz CT molecular complexity index is 860. The first-order valence-corrected chi connectivity index (χ1v) is 8.91. The van der Waals surface area contributed by atoms with Crippen molar-refractivity contribution in [2.75, 3.05) is 13.1 Å². The number of benzene rings is 2. The molecule has 1 saturated heterocycles. The maximum absolute atomic E-state index is 14.0. The zero-order valence-corrected chi connectivity index (χ0v) is 15.2. The van der Waals surface area contributed by atoms with Gasteiger partial charge < -0.3 is 15.1 Å². The Hall–Kier alpha value is -2.44. The highest BCUT2D eigenvalue weighted by Crippen LogP contribution is 2.36. The van der Waals surface area contributed by atoms with Crippen molar-refractivity contribution in [1.29, 1.82) is 0 Å². The number of halogens is 2. The number of carboxylic acid groups (broad SMARTS) is 1. The van der Waals surface area contributed by atoms with E-state index in [9.17, 15) is 24.2 Å². The number of carboxylic acids is 1. The van der Waals surface area contributed by atoms with Crippen molar-refractivity contribution in [3.63, 3.8) is 0 Å². The molecule has 1 heterocycles. The summed E-state index contributed by atoms with van der Waals surface area (Å²) in [4.78, 5) is 25.9. The van der Waals surface area contributed by atoms with Crippen LogP contribution in [0.25, 0.3) is 0 Å². The van der Waals surface area contributed by atoms with Gasteiger partial charge in [0.15, 0.2) is 0 Å². The summed E-state index contributed by atoms with van der Waals surface area (Å²) in [6, 6.07) is 12.8. The van der Waals surface area contributed by atoms with Gasteiger partial charge in [0.2, 0.25) is 0 Å². The molecule has 2 N–H and O–H groups in total. The van der Waals surface area contributed by atoms with E-state index in [1.165, 1.54) is 17.0 Å². The number of aliphatic hydroxyl groups excluding tert-OH is 1. The van der Waals surface area contributed by atoms with E-state index in [2.05, 4.69) is 0 Å². The van der Waals surface area contributed by atoms with Crippen LogP contribution in [-0.2, 0) is 11.2 Å². The summed E-state index contributed by atoms with van der Waals surface area (Å²) in [5.74, 6) is -2.45. The molecule has 142 valence electrons. The number of likely N-dealkylation sites (tertiary alicyclic amines) is 1. The standard InChI is InChI=1S/C20H19ClFNO4/c21-14-6-7-15(16(22)10-14)18(25)23-9-8-20(19(26)27,17(24)12-23)11-13-4-2-1-3-5-13/h1-7,10,17,24H,8-9,11-12H2,(H,26,27)/t17-,20+/m0/s1. The maximum Gasteiger partial charge on any atom is 0.312 e. The molecule has 0 radical (unpaired) electrons. The highest BCUT2D eigenvalue weighted by Gasteiger charge is 2.49. The van der Waals surface area contributed by atoms with Gasteiger partial charge in [-0.05, 0) is 36.6 Å². The minimum atomic E-state index is -1.39. The average molecular weight is 392 g/mol. The number of aliphatic hydroxyl groups is 1. The number of rotatable bonds is 4. The van der Waals surface area contributed by atoms with E-state index in [-0.39, 0.29) is 36.5 Å². The van der Waals surface area contributed by atoms with Crippen LogP contribution >= 0.6 is 11.6 Å². The van der Waals surface area contributed by atoms with Crippen molar-refractivity contribution in [2.45, 2.75) is 18.9 Å². The van der Waals surface area contributed by atoms with Gasteiger partial charge in [-0.25, -0.2) is 4.39 Å². The van der Waals surface area contributed by atoms with Crippen molar-refractivity contribution in [3.05, 3.63) is 70.5 Å². The maximum atomic E-state index is 14.0. The molecular formula is C20H19ClFNO4. The zero-order valence-electron chi connectivity index (χ0n) is 14.4. The Kier molecular flexibility index (Phi) is 5.48. The Morgan fingerprint density at radius 3 is 2.52 bits per heavy atom. The summed E-state index contributed by atoms with van der Waals surface area (Å²) in [6.07, 6.45) is -1.05. The largest absolute Gasteiger partial charge is 0.481 e. The monoisotopic (exact) mass is 391 g/mol. The molecule has 0 spiro atoms. The summed E-state index contributed by atoms with van der Waals surface area (Å²) in [5, 5.41) is 20.6. The predicted octanol–water partition coefficient (Wildman–Crippen LogP) is 3.00. The second-order valence-corrected chi connectivity index (χ2v) is 7.20. The average Bonchev–Trinajstić information content (AvgIpc) is 2.63. The zero-order chi connectivity index (χ0) is 19.6. The summed E-state index contributed by atoms with van der Waals surface area (Å²) in [5.41, 5.74) is -0.753. The van der Waals surface area contributed by atoms with Crippen molar-refractivity contribution >= 4 is 23.5 Å². The van der Waals surface area contributed by atoms with Gasteiger partial charge in [-0.3, -0.25) is 9.59 Å². The third-order valence-electron chi connectivity index (χ3n) is 5.10. The van der Waals surface area contributed by atoms with Gasteiger partial charge in [0.25, 0.3) is 5.91 Å². The third-order valence-corrected chi connectivity index (χ3v) is 5.33. The number of piperidine rings is 1. The van der Waals surface area contributed by atoms with Gasteiger partial charge in [0, 0.05) is 18.1 Å². The number of amides is 1. The topological polar surface area (TPSA) is 77.8 Å². The van der Waals surface area contributed by atoms with Crippen LogP contribution in [0.2, 0.25) is 5.02 Å². The lowest BCUT2D eigenvalue weighted by atomic mass is 9.71. The lowest BCUT2D eigenvalue weighted by Crippen LogP contribution is -2.57. The Morgan fingerprint density at radius 1 is 1.22 bits per heavy atom. The van der Waals surface area contributed by atoms with E-state index in [4.69, 9.17) is 11.6 Å². The van der Waals surface area contributed by atoms with E-state index in [0.29, 0.717) is 0 Å². The Labute approximate surface area is 161 Å². The SMILES string of the molecule is O=C(c1ccc(Cl)cc1F)N1CC[C@](Cc2ccccc2)(C(=O)O)[C@@H](O)C1. The summed E-state index contributed by atoms with van der Waals surface area (Å²) in [6.45, 7) is -0.0723. The lowest BCUT2D eigenvalue weighted by Gasteiger charge is -2.43. The normalized spacial score (nSPS) is 22.5. The molecule has 0 aromatic heterocycles. The van der Waals surface area contributed by atoms with Crippen LogP contribution in [0.3, 0.4) is 0 Å². The number of hydrogen-bond donors (Lipinski definition) is 2. The molecule has 2 aromatic carbocycles. The fourth-order valence-corrected chi connectivity index (χ4v) is 3.64. The predicted molar refractivity (Wildman–Crippen MR) is 98.2 cm³/mol. The van der Waals surface area contributed by atoms with Gasteiger partial charge in [-0.15, -0.1) is 0 Å². The molecule has 0 bridgehead atoms. The van der Waals surface area contributed by atoms with Gasteiger partial charge in [0.1, 0.15) is 11.2 Å². The number of carbonyl (C=O) groups is 2. The quantitative estimate of drug-likeness (QED) is 0.839. The van der Waals surface area contributed by atoms with Crippen LogP contribution in [0.1, 0.15) is 22.3 Å². The van der Waals surface area contributed by atoms with Crippen LogP contribution in [0.4, 0.5) is 4.39 Å². The van der Waals surface area contributed by atoms with Gasteiger partial charge in [-0.2, -0.15) is 0 Å². The number of β-amino-alcohol motifs (C(OH)–C–C–N with tert-alkyl or cyclic N) is 1. The molecule has 1 aliphatic rings. The molecule has 7 heteroatoms. The van der Waals surface area contributed by atoms with Crippen molar-refractivity contribution in [1.82, 2.24) is 4.90 Å². The van der Waals surface area contributed by atoms with Crippen LogP contribution in [-0.4, -0.2) is 46.2 Å². The Morgan fingerprint density at radius 2 is 1.93 bits per heavy atom. The van der Waals surface area contributed by atoms with Crippen LogP contribution in [0, 0.1) is 11.2 Å². The fraction of sp³-hybridized carbons (Fsp3) is 0.300. The molecule has 2 atom stereocenters. The first kappa shape index (κ1) is 19.3. The number of carbonyl (C=O) groups excluding carboxylic acids is 1. The second-order valence-electron chi connectivity index (χ2n) is 6.76. The number of hydrogen-bond acceptors (Lipinski definition) is 3. The molecule has 3 rings (SSSR count). The van der Waals surface area contributed by atoms with Gasteiger partial charge >= 0.3 is 5.97 Å². The number of nitrogens with zero attached hydrogens (tertiary/aromatic N) is 1. The lowest BCUT2D eigenvalue weighted by molar-refractivity contribution is -0.161. The molecule has 2 aromatic rings. The summed E-state index contributed by atoms with van der Waals surface area (Å²) in [7, 11) is 0. The third kappa shape index (κ3) is 3.82. The van der Waals surface area contributed by atoms with E-state index >= 15 is 0 Å². The molecule has 0 unspecified atom stereocenters. The fourth-order valence-electron chi connectivity index (χ4n) is 3.48. The van der Waals surface area contributed by atoms with E-state index in [0.717, 1.165) is 11.6 Å². The highest BCUT2D eigenvalue weighted by molar-refractivity contribution is 6.30. The number of aliphatic carboxylic acids is 1. The van der Waals surface area contributed by atoms with E-state index in [1.807, 2.05) is 6.07 Å². The molecule has 1 aliphatic heterocycles. The summed E-state index contributed by atoms with van der Waals surface area (Å²) >= 11 is 5.71. The van der Waals surface area contributed by atoms with E-state index in [1.54, 1.807) is 24.3 Å². The second kappa shape index (κ2) is 7.66. The minimum Gasteiger partial charge on any atom is -0.481 e.